The molecule has 1 aromatic rings. The maximum Gasteiger partial charge on any atom is 0.0370 e. The van der Waals surface area contributed by atoms with E-state index in [1.54, 1.807) is 0 Å². The number of hydrogen-bond donors (Lipinski definition) is 1. The maximum absolute atomic E-state index is 3.73. The lowest BCUT2D eigenvalue weighted by Gasteiger charge is -2.09. The molecule has 0 bridgehead atoms. The Balaban J connectivity index is 2.24. The normalized spacial score (nSPS) is 10.1. The van der Waals surface area contributed by atoms with Crippen molar-refractivity contribution in [2.75, 3.05) is 11.9 Å². The Bertz CT molecular complexity index is 334. The van der Waals surface area contributed by atoms with Crippen molar-refractivity contribution in [2.24, 2.45) is 0 Å². The van der Waals surface area contributed by atoms with Crippen molar-refractivity contribution in [3.63, 3.8) is 0 Å². The predicted molar refractivity (Wildman–Crippen MR) is 76.0 cm³/mol. The van der Waals surface area contributed by atoms with Crippen molar-refractivity contribution >= 4 is 21.6 Å². The lowest BCUT2D eigenvalue weighted by Crippen LogP contribution is -2.02. The van der Waals surface area contributed by atoms with Gasteiger partial charge in [0.25, 0.3) is 0 Å². The molecule has 0 amide bonds. The molecule has 1 rings (SSSR count). The Morgan fingerprint density at radius 1 is 1.31 bits per heavy atom. The summed E-state index contributed by atoms with van der Waals surface area (Å²) in [6.07, 6.45) is 6.88. The van der Waals surface area contributed by atoms with Gasteiger partial charge in [-0.2, -0.15) is 0 Å². The largest absolute Gasteiger partial charge is 0.385 e. The first-order valence-corrected chi connectivity index (χ1v) is 6.64. The molecular weight excluding hydrogens is 262 g/mol. The third-order valence-electron chi connectivity index (χ3n) is 2.59. The van der Waals surface area contributed by atoms with Crippen LogP contribution < -0.4 is 5.32 Å². The van der Waals surface area contributed by atoms with E-state index >= 15 is 0 Å². The molecule has 0 aliphatic carbocycles. The maximum atomic E-state index is 3.73. The highest BCUT2D eigenvalue weighted by molar-refractivity contribution is 9.10. The second-order valence-corrected chi connectivity index (χ2v) is 4.94. The Labute approximate surface area is 107 Å². The minimum Gasteiger partial charge on any atom is -0.385 e. The quantitative estimate of drug-likeness (QED) is 0.553. The second kappa shape index (κ2) is 7.50. The van der Waals surface area contributed by atoms with E-state index in [2.05, 4.69) is 52.9 Å². The number of unbranched alkanes of at least 4 members (excludes halogenated alkanes) is 3. The fourth-order valence-electron chi connectivity index (χ4n) is 1.64. The summed E-state index contributed by atoms with van der Waals surface area (Å²) in [7, 11) is 0. The van der Waals surface area contributed by atoms with Crippen molar-refractivity contribution in [1.82, 2.24) is 0 Å². The third kappa shape index (κ3) is 4.84. The number of aryl methyl sites for hydroxylation is 1. The van der Waals surface area contributed by atoms with E-state index in [1.165, 1.54) is 30.5 Å². The summed E-state index contributed by atoms with van der Waals surface area (Å²) in [4.78, 5) is 0. The summed E-state index contributed by atoms with van der Waals surface area (Å²) in [5.74, 6) is 0. The second-order valence-electron chi connectivity index (χ2n) is 4.02. The van der Waals surface area contributed by atoms with E-state index in [4.69, 9.17) is 0 Å². The van der Waals surface area contributed by atoms with Crippen LogP contribution in [0.3, 0.4) is 0 Å². The van der Waals surface area contributed by atoms with E-state index in [0.29, 0.717) is 0 Å². The van der Waals surface area contributed by atoms with Gasteiger partial charge in [-0.15, -0.1) is 6.58 Å². The van der Waals surface area contributed by atoms with Crippen LogP contribution in [0.25, 0.3) is 0 Å². The van der Waals surface area contributed by atoms with Gasteiger partial charge in [0, 0.05) is 16.7 Å². The molecular formula is C14H20BrN. The molecule has 2 heteroatoms. The fourth-order valence-corrected chi connectivity index (χ4v) is 2.11. The summed E-state index contributed by atoms with van der Waals surface area (Å²) in [6.45, 7) is 6.91. The van der Waals surface area contributed by atoms with Gasteiger partial charge < -0.3 is 5.32 Å². The van der Waals surface area contributed by atoms with Crippen LogP contribution in [-0.4, -0.2) is 6.54 Å². The molecule has 1 N–H and O–H groups in total. The molecule has 88 valence electrons. The summed E-state index contributed by atoms with van der Waals surface area (Å²) in [5, 5.41) is 3.47. The molecule has 0 spiro atoms. The molecule has 0 saturated heterocycles. The molecule has 1 nitrogen and oxygen atoms in total. The minimum absolute atomic E-state index is 1.06. The van der Waals surface area contributed by atoms with Crippen molar-refractivity contribution < 1.29 is 0 Å². The molecule has 0 heterocycles. The average molecular weight is 282 g/mol. The topological polar surface area (TPSA) is 12.0 Å². The van der Waals surface area contributed by atoms with Crippen LogP contribution in [0.1, 0.15) is 31.2 Å². The minimum atomic E-state index is 1.06. The van der Waals surface area contributed by atoms with Crippen LogP contribution in [-0.2, 0) is 0 Å². The Hall–Kier alpha value is -0.760. The highest BCUT2D eigenvalue weighted by Gasteiger charge is 1.97. The summed E-state index contributed by atoms with van der Waals surface area (Å²) < 4.78 is 1.14. The molecule has 0 fully saturated rings. The van der Waals surface area contributed by atoms with E-state index in [9.17, 15) is 0 Å². The first-order valence-electron chi connectivity index (χ1n) is 5.85. The molecule has 0 radical (unpaired) electrons. The predicted octanol–water partition coefficient (Wildman–Crippen LogP) is 4.92. The smallest absolute Gasteiger partial charge is 0.0370 e. The number of halogens is 1. The van der Waals surface area contributed by atoms with E-state index in [-0.39, 0.29) is 0 Å². The van der Waals surface area contributed by atoms with Crippen LogP contribution in [0, 0.1) is 6.92 Å². The van der Waals surface area contributed by atoms with Gasteiger partial charge in [-0.05, 0) is 49.9 Å². The lowest BCUT2D eigenvalue weighted by molar-refractivity contribution is 0.708. The Morgan fingerprint density at radius 2 is 2.12 bits per heavy atom. The van der Waals surface area contributed by atoms with Crippen LogP contribution in [0.4, 0.5) is 5.69 Å². The van der Waals surface area contributed by atoms with E-state index in [1.807, 2.05) is 6.08 Å². The number of anilines is 1. The standard InChI is InChI=1S/C14H20BrN/c1-3-4-5-6-7-10-16-14-9-8-13(15)11-12(14)2/h3,8-9,11,16H,1,4-7,10H2,2H3. The van der Waals surface area contributed by atoms with Gasteiger partial charge in [0.05, 0.1) is 0 Å². The van der Waals surface area contributed by atoms with Crippen molar-refractivity contribution in [3.05, 3.63) is 40.9 Å². The van der Waals surface area contributed by atoms with Gasteiger partial charge in [0.1, 0.15) is 0 Å². The van der Waals surface area contributed by atoms with Crippen LogP contribution in [0.2, 0.25) is 0 Å². The number of nitrogens with one attached hydrogen (secondary N) is 1. The number of benzene rings is 1. The summed E-state index contributed by atoms with van der Waals surface area (Å²) >= 11 is 3.47. The van der Waals surface area contributed by atoms with Crippen molar-refractivity contribution in [1.29, 1.82) is 0 Å². The zero-order chi connectivity index (χ0) is 11.8. The first-order chi connectivity index (χ1) is 7.74. The monoisotopic (exact) mass is 281 g/mol. The summed E-state index contributed by atoms with van der Waals surface area (Å²) in [5.41, 5.74) is 2.53. The van der Waals surface area contributed by atoms with Gasteiger partial charge in [-0.3, -0.25) is 0 Å². The van der Waals surface area contributed by atoms with Gasteiger partial charge in [0.15, 0.2) is 0 Å². The van der Waals surface area contributed by atoms with Gasteiger partial charge in [-0.1, -0.05) is 28.4 Å². The average Bonchev–Trinajstić information content (AvgIpc) is 2.26. The van der Waals surface area contributed by atoms with Gasteiger partial charge in [0.2, 0.25) is 0 Å². The van der Waals surface area contributed by atoms with Gasteiger partial charge >= 0.3 is 0 Å². The molecule has 0 saturated carbocycles. The number of allylic oxidation sites excluding steroid dienone is 1. The van der Waals surface area contributed by atoms with Crippen molar-refractivity contribution in [3.8, 4) is 0 Å². The lowest BCUT2D eigenvalue weighted by atomic mass is 10.1. The van der Waals surface area contributed by atoms with Crippen LogP contribution >= 0.6 is 15.9 Å². The number of rotatable bonds is 7. The number of hydrogen-bond acceptors (Lipinski definition) is 1. The van der Waals surface area contributed by atoms with Crippen LogP contribution in [0.5, 0.6) is 0 Å². The first kappa shape index (κ1) is 13.3. The Morgan fingerprint density at radius 3 is 2.81 bits per heavy atom. The molecule has 0 aliphatic rings. The van der Waals surface area contributed by atoms with Gasteiger partial charge in [-0.25, -0.2) is 0 Å². The summed E-state index contributed by atoms with van der Waals surface area (Å²) in [6, 6.07) is 6.34. The third-order valence-corrected chi connectivity index (χ3v) is 3.08. The molecule has 1 aromatic carbocycles. The zero-order valence-electron chi connectivity index (χ0n) is 9.93. The molecule has 0 aromatic heterocycles. The van der Waals surface area contributed by atoms with Crippen LogP contribution in [0.15, 0.2) is 35.3 Å². The highest BCUT2D eigenvalue weighted by Crippen LogP contribution is 2.19. The molecule has 0 atom stereocenters. The molecule has 0 unspecified atom stereocenters. The highest BCUT2D eigenvalue weighted by atomic mass is 79.9. The SMILES string of the molecule is C=CCCCCCNc1ccc(Br)cc1C. The molecule has 16 heavy (non-hydrogen) atoms. The van der Waals surface area contributed by atoms with E-state index < -0.39 is 0 Å². The van der Waals surface area contributed by atoms with Crippen molar-refractivity contribution in [2.45, 2.75) is 32.6 Å². The zero-order valence-corrected chi connectivity index (χ0v) is 11.5. The fraction of sp³-hybridized carbons (Fsp3) is 0.429. The van der Waals surface area contributed by atoms with E-state index in [0.717, 1.165) is 17.4 Å². The molecule has 0 aliphatic heterocycles. The Kier molecular flexibility index (Phi) is 6.24.